The normalized spacial score (nSPS) is 11.2. The lowest BCUT2D eigenvalue weighted by atomic mass is 10.2. The first-order valence-corrected chi connectivity index (χ1v) is 9.16. The van der Waals surface area contributed by atoms with Crippen LogP contribution in [0.4, 0.5) is 5.82 Å². The van der Waals surface area contributed by atoms with E-state index < -0.39 is 0 Å². The van der Waals surface area contributed by atoms with Crippen molar-refractivity contribution < 1.29 is 9.21 Å². The fraction of sp³-hybridized carbons (Fsp3) is 0.158. The number of hydrogen-bond donors (Lipinski definition) is 0. The van der Waals surface area contributed by atoms with E-state index >= 15 is 0 Å². The molecule has 0 bridgehead atoms. The highest BCUT2D eigenvalue weighted by Gasteiger charge is 2.19. The maximum absolute atomic E-state index is 12.8. The molecule has 0 aliphatic carbocycles. The monoisotopic (exact) mass is 426 g/mol. The summed E-state index contributed by atoms with van der Waals surface area (Å²) < 4.78 is 7.73. The maximum atomic E-state index is 12.8. The summed E-state index contributed by atoms with van der Waals surface area (Å²) in [5, 5.41) is 0.775. The Labute approximate surface area is 162 Å². The van der Waals surface area contributed by atoms with Crippen LogP contribution in [0.15, 0.2) is 62.6 Å². The molecule has 3 aromatic heterocycles. The number of likely N-dealkylation sites (N-methyl/N-ethyl adjacent to an activating group) is 1. The van der Waals surface area contributed by atoms with Gasteiger partial charge in [0.25, 0.3) is 5.56 Å². The van der Waals surface area contributed by atoms with Gasteiger partial charge in [0.15, 0.2) is 0 Å². The standard InChI is InChI=1S/C19H15BrN4O3/c1-2-24(15-8-7-12(20)9-21-15)16(25)10-23-11-22-17-13-5-3-4-6-14(13)27-18(17)19(23)26/h3-9,11H,2,10H2,1H3. The van der Waals surface area contributed by atoms with Crippen molar-refractivity contribution in [1.82, 2.24) is 14.5 Å². The fourth-order valence-electron chi connectivity index (χ4n) is 2.95. The summed E-state index contributed by atoms with van der Waals surface area (Å²) in [4.78, 5) is 35.6. The first kappa shape index (κ1) is 17.4. The molecule has 0 fully saturated rings. The van der Waals surface area contributed by atoms with E-state index in [0.717, 1.165) is 9.86 Å². The number of halogens is 1. The lowest BCUT2D eigenvalue weighted by molar-refractivity contribution is -0.119. The molecule has 1 amide bonds. The van der Waals surface area contributed by atoms with Gasteiger partial charge in [-0.05, 0) is 47.1 Å². The van der Waals surface area contributed by atoms with E-state index in [1.54, 1.807) is 18.3 Å². The zero-order valence-corrected chi connectivity index (χ0v) is 16.0. The Balaban J connectivity index is 1.69. The molecule has 0 aliphatic rings. The van der Waals surface area contributed by atoms with Crippen molar-refractivity contribution in [2.24, 2.45) is 0 Å². The van der Waals surface area contributed by atoms with E-state index in [9.17, 15) is 9.59 Å². The second-order valence-corrected chi connectivity index (χ2v) is 6.84. The number of pyridine rings is 1. The third-order valence-corrected chi connectivity index (χ3v) is 4.73. The Kier molecular flexibility index (Phi) is 4.49. The Bertz CT molecular complexity index is 1200. The van der Waals surface area contributed by atoms with Crippen LogP contribution in [0.3, 0.4) is 0 Å². The highest BCUT2D eigenvalue weighted by atomic mass is 79.9. The zero-order chi connectivity index (χ0) is 19.0. The van der Waals surface area contributed by atoms with Crippen LogP contribution >= 0.6 is 15.9 Å². The molecular weight excluding hydrogens is 412 g/mol. The van der Waals surface area contributed by atoms with Crippen LogP contribution in [0.2, 0.25) is 0 Å². The van der Waals surface area contributed by atoms with E-state index in [1.165, 1.54) is 15.8 Å². The van der Waals surface area contributed by atoms with Crippen molar-refractivity contribution in [2.75, 3.05) is 11.4 Å². The van der Waals surface area contributed by atoms with Gasteiger partial charge in [-0.1, -0.05) is 12.1 Å². The number of rotatable bonds is 4. The number of furan rings is 1. The van der Waals surface area contributed by atoms with E-state index in [2.05, 4.69) is 25.9 Å². The predicted octanol–water partition coefficient (Wildman–Crippen LogP) is 3.35. The van der Waals surface area contributed by atoms with Crippen LogP contribution in [0.5, 0.6) is 0 Å². The van der Waals surface area contributed by atoms with Crippen LogP contribution < -0.4 is 10.5 Å². The highest BCUT2D eigenvalue weighted by Crippen LogP contribution is 2.24. The molecule has 0 unspecified atom stereocenters. The third-order valence-electron chi connectivity index (χ3n) is 4.26. The zero-order valence-electron chi connectivity index (χ0n) is 14.4. The summed E-state index contributed by atoms with van der Waals surface area (Å²) in [5.74, 6) is 0.267. The Morgan fingerprint density at radius 3 is 2.78 bits per heavy atom. The van der Waals surface area contributed by atoms with Gasteiger partial charge in [0.05, 0.1) is 6.33 Å². The minimum atomic E-state index is -0.385. The number of nitrogens with zero attached hydrogens (tertiary/aromatic N) is 4. The largest absolute Gasteiger partial charge is 0.448 e. The van der Waals surface area contributed by atoms with Crippen LogP contribution in [0.25, 0.3) is 22.1 Å². The molecule has 0 saturated heterocycles. The van der Waals surface area contributed by atoms with Crippen molar-refractivity contribution >= 4 is 49.7 Å². The lowest BCUT2D eigenvalue weighted by Gasteiger charge is -2.20. The third kappa shape index (κ3) is 3.12. The Morgan fingerprint density at radius 1 is 1.22 bits per heavy atom. The van der Waals surface area contributed by atoms with Gasteiger partial charge in [0.1, 0.15) is 23.5 Å². The van der Waals surface area contributed by atoms with Gasteiger partial charge in [0, 0.05) is 22.6 Å². The molecule has 3 heterocycles. The minimum absolute atomic E-state index is 0.148. The SMILES string of the molecule is CCN(C(=O)Cn1cnc2c(oc3ccccc32)c1=O)c1ccc(Br)cn1. The summed E-state index contributed by atoms with van der Waals surface area (Å²) in [6, 6.07) is 10.9. The molecule has 0 atom stereocenters. The van der Waals surface area contributed by atoms with E-state index in [-0.39, 0.29) is 23.6 Å². The molecule has 4 rings (SSSR count). The maximum Gasteiger partial charge on any atom is 0.297 e. The molecule has 136 valence electrons. The van der Waals surface area contributed by atoms with Crippen LogP contribution in [0.1, 0.15) is 6.92 Å². The van der Waals surface area contributed by atoms with Gasteiger partial charge in [-0.2, -0.15) is 0 Å². The average molecular weight is 427 g/mol. The van der Waals surface area contributed by atoms with Crippen LogP contribution in [0, 0.1) is 0 Å². The van der Waals surface area contributed by atoms with Crippen LogP contribution in [-0.2, 0) is 11.3 Å². The summed E-state index contributed by atoms with van der Waals surface area (Å²) in [7, 11) is 0. The number of hydrogen-bond acceptors (Lipinski definition) is 5. The first-order valence-electron chi connectivity index (χ1n) is 8.37. The fourth-order valence-corrected chi connectivity index (χ4v) is 3.19. The lowest BCUT2D eigenvalue weighted by Crippen LogP contribution is -2.37. The summed E-state index contributed by atoms with van der Waals surface area (Å²) in [6.45, 7) is 2.14. The quantitative estimate of drug-likeness (QED) is 0.499. The smallest absolute Gasteiger partial charge is 0.297 e. The summed E-state index contributed by atoms with van der Waals surface area (Å²) in [5.41, 5.74) is 0.859. The number of carbonyl (C=O) groups excluding carboxylic acids is 1. The van der Waals surface area contributed by atoms with Gasteiger partial charge in [0.2, 0.25) is 11.5 Å². The summed E-state index contributed by atoms with van der Waals surface area (Å²) in [6.07, 6.45) is 3.01. The molecule has 0 N–H and O–H groups in total. The van der Waals surface area contributed by atoms with Crippen molar-refractivity contribution in [1.29, 1.82) is 0 Å². The van der Waals surface area contributed by atoms with Gasteiger partial charge < -0.3 is 4.42 Å². The average Bonchev–Trinajstić information content (AvgIpc) is 3.06. The molecule has 0 radical (unpaired) electrons. The van der Waals surface area contributed by atoms with Crippen molar-refractivity contribution in [2.45, 2.75) is 13.5 Å². The second-order valence-electron chi connectivity index (χ2n) is 5.93. The molecule has 27 heavy (non-hydrogen) atoms. The number of amides is 1. The number of anilines is 1. The highest BCUT2D eigenvalue weighted by molar-refractivity contribution is 9.10. The van der Waals surface area contributed by atoms with Crippen molar-refractivity contribution in [3.8, 4) is 0 Å². The molecule has 1 aromatic carbocycles. The summed E-state index contributed by atoms with van der Waals surface area (Å²) >= 11 is 3.32. The van der Waals surface area contributed by atoms with Gasteiger partial charge in [-0.3, -0.25) is 19.1 Å². The second kappa shape index (κ2) is 6.96. The molecule has 7 nitrogen and oxygen atoms in total. The van der Waals surface area contributed by atoms with Gasteiger partial charge in [-0.25, -0.2) is 9.97 Å². The van der Waals surface area contributed by atoms with Crippen molar-refractivity contribution in [3.05, 3.63) is 63.7 Å². The molecule has 8 heteroatoms. The topological polar surface area (TPSA) is 81.2 Å². The van der Waals surface area contributed by atoms with E-state index in [0.29, 0.717) is 23.5 Å². The first-order chi connectivity index (χ1) is 13.1. The number of aromatic nitrogens is 3. The van der Waals surface area contributed by atoms with Gasteiger partial charge in [-0.15, -0.1) is 0 Å². The molecule has 4 aromatic rings. The van der Waals surface area contributed by atoms with E-state index in [1.807, 2.05) is 31.2 Å². The van der Waals surface area contributed by atoms with Crippen molar-refractivity contribution in [3.63, 3.8) is 0 Å². The van der Waals surface area contributed by atoms with Crippen LogP contribution in [-0.4, -0.2) is 27.0 Å². The molecule has 0 saturated carbocycles. The minimum Gasteiger partial charge on any atom is -0.448 e. The number of benzene rings is 1. The number of para-hydroxylation sites is 1. The Hall–Kier alpha value is -3.00. The molecular formula is C19H15BrN4O3. The number of carbonyl (C=O) groups is 1. The Morgan fingerprint density at radius 2 is 2.04 bits per heavy atom. The molecule has 0 spiro atoms. The number of fused-ring (bicyclic) bond motifs is 3. The predicted molar refractivity (Wildman–Crippen MR) is 106 cm³/mol. The van der Waals surface area contributed by atoms with Gasteiger partial charge >= 0.3 is 0 Å². The molecule has 0 aliphatic heterocycles. The van der Waals surface area contributed by atoms with E-state index in [4.69, 9.17) is 4.42 Å².